The number of ketones is 1. The molecule has 228 valence electrons. The van der Waals surface area contributed by atoms with E-state index < -0.39 is 48.5 Å². The maximum Gasteiger partial charge on any atom is 0.494 e. The maximum atomic E-state index is 15.0. The van der Waals surface area contributed by atoms with Gasteiger partial charge in [-0.15, -0.1) is 0 Å². The second kappa shape index (κ2) is 12.3. The molecule has 1 aliphatic heterocycles. The van der Waals surface area contributed by atoms with E-state index in [4.69, 9.17) is 18.9 Å². The van der Waals surface area contributed by atoms with E-state index in [1.165, 1.54) is 6.07 Å². The normalized spacial score (nSPS) is 34.9. The first-order valence-corrected chi connectivity index (χ1v) is 14.9. The molecular formula is C31H46BFO8. The van der Waals surface area contributed by atoms with Gasteiger partial charge in [0.1, 0.15) is 11.9 Å². The van der Waals surface area contributed by atoms with Crippen molar-refractivity contribution >= 4 is 24.3 Å². The van der Waals surface area contributed by atoms with Gasteiger partial charge >= 0.3 is 13.1 Å². The fourth-order valence-corrected chi connectivity index (χ4v) is 7.72. The number of carbonyl (C=O) groups is 2. The zero-order chi connectivity index (χ0) is 30.2. The van der Waals surface area contributed by atoms with Gasteiger partial charge in [0.2, 0.25) is 0 Å². The highest BCUT2D eigenvalue weighted by Gasteiger charge is 2.59. The van der Waals surface area contributed by atoms with E-state index in [1.54, 1.807) is 20.1 Å². The molecule has 4 rings (SSSR count). The van der Waals surface area contributed by atoms with Crippen LogP contribution in [0, 0.1) is 33.9 Å². The summed E-state index contributed by atoms with van der Waals surface area (Å²) in [4.78, 5) is 25.4. The van der Waals surface area contributed by atoms with Crippen molar-refractivity contribution in [1.82, 2.24) is 0 Å². The van der Waals surface area contributed by atoms with Crippen molar-refractivity contribution in [3.05, 3.63) is 23.5 Å². The maximum absolute atomic E-state index is 15.0. The molecule has 1 heterocycles. The average molecular weight is 577 g/mol. The summed E-state index contributed by atoms with van der Waals surface area (Å²) in [7, 11) is 0.261. The SMILES string of the molecule is COCC[C@]1(C)C[C@@H](OC(=O)COc2ccc3c(c2F)B(O)OC3)[C@@]2(C)C[C@](CCC(C)=O)(CC[C@H]2C)[C@@H](C)[C@@H]1O. The van der Waals surface area contributed by atoms with Crippen LogP contribution in [0.1, 0.15) is 85.1 Å². The van der Waals surface area contributed by atoms with E-state index in [0.29, 0.717) is 37.9 Å². The highest BCUT2D eigenvalue weighted by atomic mass is 19.1. The lowest BCUT2D eigenvalue weighted by Crippen LogP contribution is -2.58. The largest absolute Gasteiger partial charge is 0.494 e. The first kappa shape index (κ1) is 31.9. The Morgan fingerprint density at radius 3 is 2.63 bits per heavy atom. The number of ether oxygens (including phenoxy) is 3. The molecule has 1 aromatic carbocycles. The van der Waals surface area contributed by atoms with Crippen LogP contribution in [-0.2, 0) is 30.3 Å². The monoisotopic (exact) mass is 576 g/mol. The molecular weight excluding hydrogens is 530 g/mol. The quantitative estimate of drug-likeness (QED) is 0.318. The van der Waals surface area contributed by atoms with Crippen LogP contribution in [0.25, 0.3) is 0 Å². The molecule has 0 aromatic heterocycles. The van der Waals surface area contributed by atoms with Gasteiger partial charge in [0.15, 0.2) is 18.2 Å². The van der Waals surface area contributed by atoms with E-state index in [0.717, 1.165) is 19.3 Å². The van der Waals surface area contributed by atoms with Crippen molar-refractivity contribution in [2.45, 2.75) is 98.4 Å². The van der Waals surface area contributed by atoms with Crippen LogP contribution < -0.4 is 10.2 Å². The Morgan fingerprint density at radius 1 is 1.22 bits per heavy atom. The molecule has 2 bridgehead atoms. The van der Waals surface area contributed by atoms with E-state index in [1.807, 2.05) is 6.92 Å². The Labute approximate surface area is 243 Å². The van der Waals surface area contributed by atoms with Gasteiger partial charge in [0.05, 0.1) is 12.7 Å². The second-order valence-electron chi connectivity index (χ2n) is 13.4. The van der Waals surface area contributed by atoms with Crippen LogP contribution in [0.3, 0.4) is 0 Å². The molecule has 2 saturated carbocycles. The van der Waals surface area contributed by atoms with Crippen LogP contribution in [0.2, 0.25) is 0 Å². The Bertz CT molecular complexity index is 1130. The van der Waals surface area contributed by atoms with E-state index >= 15 is 4.39 Å². The summed E-state index contributed by atoms with van der Waals surface area (Å²) in [6.45, 7) is 10.2. The van der Waals surface area contributed by atoms with Crippen LogP contribution >= 0.6 is 0 Å². The summed E-state index contributed by atoms with van der Waals surface area (Å²) in [5.41, 5.74) is -0.732. The highest BCUT2D eigenvalue weighted by molar-refractivity contribution is 6.61. The van der Waals surface area contributed by atoms with Crippen molar-refractivity contribution in [1.29, 1.82) is 0 Å². The fraction of sp³-hybridized carbons (Fsp3) is 0.742. The lowest BCUT2D eigenvalue weighted by molar-refractivity contribution is -0.197. The number of Topliss-reactive ketones (excluding diaryl/α,β-unsaturated/α-hetero) is 1. The summed E-state index contributed by atoms with van der Waals surface area (Å²) >= 11 is 0. The van der Waals surface area contributed by atoms with Gasteiger partial charge in [0, 0.05) is 31.0 Å². The second-order valence-corrected chi connectivity index (χ2v) is 13.4. The van der Waals surface area contributed by atoms with Gasteiger partial charge in [-0.05, 0) is 79.7 Å². The zero-order valence-electron chi connectivity index (χ0n) is 25.3. The van der Waals surface area contributed by atoms with E-state index in [-0.39, 0.29) is 40.9 Å². The standard InChI is InChI=1S/C31H46BFO8/c1-19-9-11-31(12-10-20(2)34)18-30(19,5)24(15-29(4,13-14-38-6)28(36)21(31)3)41-25(35)17-39-23-8-7-22-16-40-32(37)26(22)27(23)33/h7-8,19,21,24,28,36-37H,9-18H2,1-6H3/t19-,21+,24-,28+,29-,30+,31-/m1/s1. The third kappa shape index (κ3) is 6.22. The number of benzene rings is 1. The molecule has 0 spiro atoms. The number of hydrogen-bond acceptors (Lipinski definition) is 8. The Kier molecular flexibility index (Phi) is 9.58. The summed E-state index contributed by atoms with van der Waals surface area (Å²) in [5, 5.41) is 21.8. The van der Waals surface area contributed by atoms with Crippen molar-refractivity contribution in [2.24, 2.45) is 28.1 Å². The number of halogens is 1. The molecule has 10 heteroatoms. The van der Waals surface area contributed by atoms with Gasteiger partial charge in [0.25, 0.3) is 0 Å². The zero-order valence-corrected chi connectivity index (χ0v) is 25.3. The molecule has 41 heavy (non-hydrogen) atoms. The number of methoxy groups -OCH3 is 1. The van der Waals surface area contributed by atoms with Gasteiger partial charge in [-0.25, -0.2) is 9.18 Å². The average Bonchev–Trinajstić information content (AvgIpc) is 3.31. The van der Waals surface area contributed by atoms with Crippen molar-refractivity contribution < 1.29 is 43.0 Å². The summed E-state index contributed by atoms with van der Waals surface area (Å²) < 4.78 is 37.3. The highest BCUT2D eigenvalue weighted by Crippen LogP contribution is 2.62. The van der Waals surface area contributed by atoms with Gasteiger partial charge in [-0.1, -0.05) is 33.8 Å². The Morgan fingerprint density at radius 2 is 1.95 bits per heavy atom. The van der Waals surface area contributed by atoms with Gasteiger partial charge in [-0.2, -0.15) is 0 Å². The van der Waals surface area contributed by atoms with Crippen LogP contribution in [0.4, 0.5) is 4.39 Å². The van der Waals surface area contributed by atoms with Gasteiger partial charge < -0.3 is 33.8 Å². The molecule has 0 saturated heterocycles. The third-order valence-corrected chi connectivity index (χ3v) is 10.8. The Balaban J connectivity index is 1.61. The summed E-state index contributed by atoms with van der Waals surface area (Å²) in [6, 6.07) is 3.03. The van der Waals surface area contributed by atoms with Crippen LogP contribution in [0.15, 0.2) is 12.1 Å². The number of hydrogen-bond donors (Lipinski definition) is 2. The molecule has 0 radical (unpaired) electrons. The Hall–Kier alpha value is -2.01. The molecule has 1 aromatic rings. The molecule has 2 fully saturated rings. The first-order chi connectivity index (χ1) is 19.3. The summed E-state index contributed by atoms with van der Waals surface area (Å²) in [5.74, 6) is -1.23. The number of aliphatic hydroxyl groups is 1. The van der Waals surface area contributed by atoms with Gasteiger partial charge in [-0.3, -0.25) is 0 Å². The number of fused-ring (bicyclic) bond motifs is 3. The number of rotatable bonds is 10. The minimum Gasteiger partial charge on any atom is -0.479 e. The first-order valence-electron chi connectivity index (χ1n) is 14.9. The summed E-state index contributed by atoms with van der Waals surface area (Å²) in [6.07, 6.45) is 3.45. The van der Waals surface area contributed by atoms with E-state index in [2.05, 4.69) is 20.8 Å². The minimum atomic E-state index is -1.37. The molecule has 0 amide bonds. The third-order valence-electron chi connectivity index (χ3n) is 10.8. The fourth-order valence-electron chi connectivity index (χ4n) is 7.72. The van der Waals surface area contributed by atoms with Crippen molar-refractivity contribution in [3.8, 4) is 5.75 Å². The number of carbonyl (C=O) groups excluding carboxylic acids is 2. The number of aliphatic hydroxyl groups excluding tert-OH is 1. The van der Waals surface area contributed by atoms with Crippen LogP contribution in [0.5, 0.6) is 5.75 Å². The number of esters is 1. The molecule has 3 aliphatic rings. The molecule has 2 aliphatic carbocycles. The minimum absolute atomic E-state index is 0.0262. The smallest absolute Gasteiger partial charge is 0.479 e. The topological polar surface area (TPSA) is 112 Å². The predicted octanol–water partition coefficient (Wildman–Crippen LogP) is 3.96. The predicted molar refractivity (Wildman–Crippen MR) is 152 cm³/mol. The molecule has 0 unspecified atom stereocenters. The van der Waals surface area contributed by atoms with Crippen molar-refractivity contribution in [3.63, 3.8) is 0 Å². The van der Waals surface area contributed by atoms with E-state index in [9.17, 15) is 19.7 Å². The molecule has 7 atom stereocenters. The van der Waals surface area contributed by atoms with Crippen molar-refractivity contribution in [2.75, 3.05) is 20.3 Å². The lowest BCUT2D eigenvalue weighted by Gasteiger charge is -2.60. The molecule has 8 nitrogen and oxygen atoms in total. The lowest BCUT2D eigenvalue weighted by atomic mass is 9.47. The van der Waals surface area contributed by atoms with Crippen LogP contribution in [-0.4, -0.2) is 61.5 Å². The molecule has 2 N–H and O–H groups in total.